The third-order valence-electron chi connectivity index (χ3n) is 5.50. The number of halogens is 1. The Bertz CT molecular complexity index is 744. The van der Waals surface area contributed by atoms with Gasteiger partial charge >= 0.3 is 6.03 Å². The van der Waals surface area contributed by atoms with E-state index >= 15 is 0 Å². The molecule has 4 amide bonds. The van der Waals surface area contributed by atoms with Crippen molar-refractivity contribution >= 4 is 17.8 Å². The molecule has 2 fully saturated rings. The summed E-state index contributed by atoms with van der Waals surface area (Å²) in [4.78, 5) is 40.1. The van der Waals surface area contributed by atoms with Crippen LogP contribution in [0.2, 0.25) is 0 Å². The van der Waals surface area contributed by atoms with Crippen LogP contribution in [0, 0.1) is 12.7 Å². The molecule has 1 aromatic rings. The average molecular weight is 361 g/mol. The molecular formula is C19H24FN3O3. The lowest BCUT2D eigenvalue weighted by atomic mass is 9.81. The van der Waals surface area contributed by atoms with Gasteiger partial charge in [0.25, 0.3) is 5.91 Å². The standard InChI is InChI=1S/C19H24FN3O3/c1-13-10-14(6-7-15(13)20)11-21-16(24)12-23-17(25)19(22(2)18(23)26)8-4-3-5-9-19/h6-7,10H,3-5,8-9,11-12H2,1-2H3,(H,21,24). The summed E-state index contributed by atoms with van der Waals surface area (Å²) in [5, 5.41) is 2.69. The fraction of sp³-hybridized carbons (Fsp3) is 0.526. The van der Waals surface area contributed by atoms with Gasteiger partial charge in [0.05, 0.1) is 0 Å². The molecule has 1 saturated heterocycles. The fourth-order valence-corrected chi connectivity index (χ4v) is 3.89. The Kier molecular flexibility index (Phi) is 4.98. The first-order chi connectivity index (χ1) is 12.3. The van der Waals surface area contributed by atoms with E-state index in [0.717, 1.165) is 29.7 Å². The summed E-state index contributed by atoms with van der Waals surface area (Å²) < 4.78 is 13.3. The van der Waals surface area contributed by atoms with Crippen molar-refractivity contribution in [3.63, 3.8) is 0 Å². The zero-order valence-electron chi connectivity index (χ0n) is 15.2. The van der Waals surface area contributed by atoms with Crippen molar-refractivity contribution < 1.29 is 18.8 Å². The number of nitrogens with one attached hydrogen (secondary N) is 1. The largest absolute Gasteiger partial charge is 0.350 e. The molecule has 140 valence electrons. The van der Waals surface area contributed by atoms with E-state index in [1.165, 1.54) is 11.0 Å². The zero-order valence-corrected chi connectivity index (χ0v) is 15.2. The van der Waals surface area contributed by atoms with Crippen LogP contribution in [0.1, 0.15) is 43.2 Å². The van der Waals surface area contributed by atoms with Crippen LogP contribution in [0.15, 0.2) is 18.2 Å². The van der Waals surface area contributed by atoms with Crippen LogP contribution in [0.3, 0.4) is 0 Å². The van der Waals surface area contributed by atoms with E-state index in [1.807, 2.05) is 0 Å². The molecule has 1 spiro atoms. The van der Waals surface area contributed by atoms with Crippen molar-refractivity contribution in [2.24, 2.45) is 0 Å². The molecule has 3 rings (SSSR count). The van der Waals surface area contributed by atoms with E-state index in [9.17, 15) is 18.8 Å². The lowest BCUT2D eigenvalue weighted by molar-refractivity contribution is -0.137. The summed E-state index contributed by atoms with van der Waals surface area (Å²) in [5.41, 5.74) is 0.489. The zero-order chi connectivity index (χ0) is 18.9. The molecule has 2 aliphatic rings. The third-order valence-corrected chi connectivity index (χ3v) is 5.50. The molecule has 0 aromatic heterocycles. The van der Waals surface area contributed by atoms with Gasteiger partial charge in [-0.25, -0.2) is 9.18 Å². The summed E-state index contributed by atoms with van der Waals surface area (Å²) in [6.07, 6.45) is 4.19. The van der Waals surface area contributed by atoms with E-state index in [0.29, 0.717) is 18.4 Å². The number of imide groups is 1. The number of likely N-dealkylation sites (N-methyl/N-ethyl adjacent to an activating group) is 1. The fourth-order valence-electron chi connectivity index (χ4n) is 3.89. The van der Waals surface area contributed by atoms with Gasteiger partial charge in [-0.1, -0.05) is 31.4 Å². The van der Waals surface area contributed by atoms with Gasteiger partial charge in [0, 0.05) is 13.6 Å². The van der Waals surface area contributed by atoms with Gasteiger partial charge in [0.2, 0.25) is 5.91 Å². The molecule has 7 heteroatoms. The van der Waals surface area contributed by atoms with E-state index in [1.54, 1.807) is 26.1 Å². The first-order valence-electron chi connectivity index (χ1n) is 8.97. The summed E-state index contributed by atoms with van der Waals surface area (Å²) in [6, 6.07) is 4.20. The molecule has 0 atom stereocenters. The predicted octanol–water partition coefficient (Wildman–Crippen LogP) is 2.35. The second-order valence-electron chi connectivity index (χ2n) is 7.19. The minimum atomic E-state index is -0.774. The maximum absolute atomic E-state index is 13.3. The first kappa shape index (κ1) is 18.4. The summed E-state index contributed by atoms with van der Waals surface area (Å²) in [7, 11) is 1.64. The molecule has 1 aliphatic carbocycles. The number of carbonyl (C=O) groups excluding carboxylic acids is 3. The number of hydrogen-bond donors (Lipinski definition) is 1. The smallest absolute Gasteiger partial charge is 0.327 e. The van der Waals surface area contributed by atoms with Crippen LogP contribution in [0.4, 0.5) is 9.18 Å². The van der Waals surface area contributed by atoms with Gasteiger partial charge < -0.3 is 10.2 Å². The number of nitrogens with zero attached hydrogens (tertiary/aromatic N) is 2. The summed E-state index contributed by atoms with van der Waals surface area (Å²) in [5.74, 6) is -0.971. The number of amides is 4. The number of carbonyl (C=O) groups is 3. The van der Waals surface area contributed by atoms with Crippen LogP contribution in [0.5, 0.6) is 0 Å². The van der Waals surface area contributed by atoms with E-state index in [4.69, 9.17) is 0 Å². The Hall–Kier alpha value is -2.44. The SMILES string of the molecule is Cc1cc(CNC(=O)CN2C(=O)N(C)C3(CCCCC3)C2=O)ccc1F. The molecule has 1 N–H and O–H groups in total. The third kappa shape index (κ3) is 3.18. The van der Waals surface area contributed by atoms with Crippen LogP contribution in [0.25, 0.3) is 0 Å². The Morgan fingerprint density at radius 1 is 1.23 bits per heavy atom. The topological polar surface area (TPSA) is 69.7 Å². The summed E-state index contributed by atoms with van der Waals surface area (Å²) in [6.45, 7) is 1.59. The van der Waals surface area contributed by atoms with Crippen molar-refractivity contribution in [2.45, 2.75) is 51.1 Å². The molecule has 26 heavy (non-hydrogen) atoms. The van der Waals surface area contributed by atoms with Crippen LogP contribution < -0.4 is 5.32 Å². The number of hydrogen-bond acceptors (Lipinski definition) is 3. The maximum atomic E-state index is 13.3. The molecule has 0 bridgehead atoms. The quantitative estimate of drug-likeness (QED) is 0.837. The van der Waals surface area contributed by atoms with Crippen molar-refractivity contribution in [1.82, 2.24) is 15.1 Å². The molecule has 6 nitrogen and oxygen atoms in total. The van der Waals surface area contributed by atoms with Crippen LogP contribution in [-0.4, -0.2) is 46.8 Å². The van der Waals surface area contributed by atoms with Crippen molar-refractivity contribution in [3.8, 4) is 0 Å². The molecular weight excluding hydrogens is 337 g/mol. The number of benzene rings is 1. The van der Waals surface area contributed by atoms with Crippen molar-refractivity contribution in [1.29, 1.82) is 0 Å². The first-order valence-corrected chi connectivity index (χ1v) is 8.97. The number of urea groups is 1. The van der Waals surface area contributed by atoms with E-state index in [2.05, 4.69) is 5.32 Å². The Balaban J connectivity index is 1.62. The molecule has 1 aromatic carbocycles. The van der Waals surface area contributed by atoms with Gasteiger partial charge in [-0.3, -0.25) is 14.5 Å². The Labute approximate surface area is 152 Å². The van der Waals surface area contributed by atoms with E-state index in [-0.39, 0.29) is 24.8 Å². The molecule has 1 heterocycles. The average Bonchev–Trinajstić information content (AvgIpc) is 2.80. The minimum Gasteiger partial charge on any atom is -0.350 e. The summed E-state index contributed by atoms with van der Waals surface area (Å²) >= 11 is 0. The highest BCUT2D eigenvalue weighted by Crippen LogP contribution is 2.39. The molecule has 1 aliphatic heterocycles. The second kappa shape index (κ2) is 7.05. The van der Waals surface area contributed by atoms with Crippen molar-refractivity contribution in [3.05, 3.63) is 35.1 Å². The predicted molar refractivity (Wildman–Crippen MR) is 93.7 cm³/mol. The van der Waals surface area contributed by atoms with Gasteiger partial charge in [-0.15, -0.1) is 0 Å². The highest BCUT2D eigenvalue weighted by Gasteiger charge is 2.55. The molecule has 0 radical (unpaired) electrons. The Morgan fingerprint density at radius 3 is 2.58 bits per heavy atom. The molecule has 0 unspecified atom stereocenters. The highest BCUT2D eigenvalue weighted by atomic mass is 19.1. The van der Waals surface area contributed by atoms with Gasteiger partial charge in [0.1, 0.15) is 17.9 Å². The van der Waals surface area contributed by atoms with Gasteiger partial charge in [-0.2, -0.15) is 0 Å². The maximum Gasteiger partial charge on any atom is 0.327 e. The number of rotatable bonds is 4. The van der Waals surface area contributed by atoms with Crippen LogP contribution in [-0.2, 0) is 16.1 Å². The number of aryl methyl sites for hydroxylation is 1. The monoisotopic (exact) mass is 361 g/mol. The van der Waals surface area contributed by atoms with Gasteiger partial charge in [0.15, 0.2) is 0 Å². The van der Waals surface area contributed by atoms with Gasteiger partial charge in [-0.05, 0) is 37.0 Å². The second-order valence-corrected chi connectivity index (χ2v) is 7.19. The normalized spacial score (nSPS) is 19.3. The molecule has 1 saturated carbocycles. The lowest BCUT2D eigenvalue weighted by Crippen LogP contribution is -2.49. The van der Waals surface area contributed by atoms with Crippen molar-refractivity contribution in [2.75, 3.05) is 13.6 Å². The highest BCUT2D eigenvalue weighted by molar-refractivity contribution is 6.08. The minimum absolute atomic E-state index is 0.219. The lowest BCUT2D eigenvalue weighted by Gasteiger charge is -2.35. The van der Waals surface area contributed by atoms with E-state index < -0.39 is 17.5 Å². The Morgan fingerprint density at radius 2 is 1.92 bits per heavy atom. The van der Waals surface area contributed by atoms with Crippen LogP contribution >= 0.6 is 0 Å².